The molecule has 2 aromatic rings. The predicted molar refractivity (Wildman–Crippen MR) is 157 cm³/mol. The molecule has 2 rings (SSSR count). The van der Waals surface area contributed by atoms with Crippen molar-refractivity contribution in [1.29, 1.82) is 0 Å². The molecular weight excluding hydrogens is 457 g/mol. The zero-order valence-corrected chi connectivity index (χ0v) is 26.7. The van der Waals surface area contributed by atoms with Crippen molar-refractivity contribution in [2.24, 2.45) is 0 Å². The van der Waals surface area contributed by atoms with Crippen LogP contribution in [0.5, 0.6) is 0 Å². The second-order valence-corrected chi connectivity index (χ2v) is 27.2. The molecule has 0 heterocycles. The van der Waals surface area contributed by atoms with E-state index in [4.69, 9.17) is 8.23 Å². The topological polar surface area (TPSA) is 18.5 Å². The third kappa shape index (κ3) is 15.7. The van der Waals surface area contributed by atoms with Gasteiger partial charge in [0.1, 0.15) is 0 Å². The average Bonchev–Trinajstić information content (AvgIpc) is 2.66. The van der Waals surface area contributed by atoms with E-state index in [1.165, 1.54) is 11.1 Å². The standard InChI is InChI=1S/C13H24OSi2.C8H8.C5H16OSi2/c1-12(13-10-8-7-9-11-13)16(5,6)14-15(2,3)4;1-2-8-6-4-3-5-7-8;1-7(2)6-8(3,4)5/h7-12H,1-6H3;2-7H,1H2;7H,1-5H3. The highest BCUT2D eigenvalue weighted by Crippen LogP contribution is 2.29. The Bertz CT molecular complexity index is 749. The summed E-state index contributed by atoms with van der Waals surface area (Å²) in [4.78, 5) is 0. The van der Waals surface area contributed by atoms with E-state index in [0.717, 1.165) is 0 Å². The summed E-state index contributed by atoms with van der Waals surface area (Å²) in [5.74, 6) is 0. The minimum absolute atomic E-state index is 0.556. The molecule has 32 heavy (non-hydrogen) atoms. The van der Waals surface area contributed by atoms with Gasteiger partial charge in [-0.2, -0.15) is 0 Å². The molecule has 1 atom stereocenters. The maximum Gasteiger partial charge on any atom is 0.180 e. The molecule has 0 aliphatic rings. The average molecular weight is 505 g/mol. The van der Waals surface area contributed by atoms with Gasteiger partial charge in [-0.15, -0.1) is 0 Å². The Kier molecular flexibility index (Phi) is 13.8. The molecule has 180 valence electrons. The first-order valence-corrected chi connectivity index (χ1v) is 24.3. The maximum atomic E-state index is 6.42. The van der Waals surface area contributed by atoms with Crippen LogP contribution in [0.4, 0.5) is 0 Å². The van der Waals surface area contributed by atoms with E-state index in [0.29, 0.717) is 5.54 Å². The minimum atomic E-state index is -1.62. The van der Waals surface area contributed by atoms with E-state index in [1.54, 1.807) is 0 Å². The maximum absolute atomic E-state index is 6.42. The summed E-state index contributed by atoms with van der Waals surface area (Å²) < 4.78 is 12.1. The third-order valence-electron chi connectivity index (χ3n) is 4.54. The highest BCUT2D eigenvalue weighted by molar-refractivity contribution is 6.84. The lowest BCUT2D eigenvalue weighted by Crippen LogP contribution is -2.46. The summed E-state index contributed by atoms with van der Waals surface area (Å²) in [6.45, 7) is 28.6. The molecule has 0 spiro atoms. The largest absolute Gasteiger partial charge is 0.458 e. The molecule has 0 aliphatic carbocycles. The zero-order chi connectivity index (χ0) is 25.0. The second-order valence-electron chi connectivity index (χ2n) is 10.8. The summed E-state index contributed by atoms with van der Waals surface area (Å²) in [5, 5.41) is 0. The number of hydrogen-bond donors (Lipinski definition) is 0. The normalized spacial score (nSPS) is 12.8. The first kappa shape index (κ1) is 31.0. The first-order valence-electron chi connectivity index (χ1n) is 11.7. The van der Waals surface area contributed by atoms with E-state index in [1.807, 2.05) is 36.4 Å². The van der Waals surface area contributed by atoms with Crippen LogP contribution >= 0.6 is 0 Å². The molecule has 0 amide bonds. The molecule has 0 aromatic heterocycles. The van der Waals surface area contributed by atoms with Gasteiger partial charge in [-0.3, -0.25) is 0 Å². The Morgan fingerprint density at radius 2 is 1.19 bits per heavy atom. The smallest absolute Gasteiger partial charge is 0.180 e. The fourth-order valence-electron chi connectivity index (χ4n) is 3.32. The van der Waals surface area contributed by atoms with Crippen molar-refractivity contribution < 1.29 is 8.23 Å². The summed E-state index contributed by atoms with van der Waals surface area (Å²) in [6, 6.07) is 20.8. The Balaban J connectivity index is 0.000000504. The predicted octanol–water partition coefficient (Wildman–Crippen LogP) is 8.54. The van der Waals surface area contributed by atoms with Gasteiger partial charge in [0.25, 0.3) is 0 Å². The van der Waals surface area contributed by atoms with E-state index in [-0.39, 0.29) is 0 Å². The van der Waals surface area contributed by atoms with Crippen LogP contribution in [0, 0.1) is 0 Å². The summed E-state index contributed by atoms with van der Waals surface area (Å²) in [7, 11) is -4.94. The van der Waals surface area contributed by atoms with Crippen molar-refractivity contribution in [1.82, 2.24) is 0 Å². The Morgan fingerprint density at radius 1 is 0.750 bits per heavy atom. The lowest BCUT2D eigenvalue weighted by molar-refractivity contribution is 0.533. The molecule has 0 saturated carbocycles. The van der Waals surface area contributed by atoms with Gasteiger partial charge in [0.05, 0.1) is 0 Å². The van der Waals surface area contributed by atoms with E-state index < -0.39 is 34.0 Å². The van der Waals surface area contributed by atoms with Gasteiger partial charge in [0, 0.05) is 0 Å². The monoisotopic (exact) mass is 504 g/mol. The van der Waals surface area contributed by atoms with Crippen LogP contribution < -0.4 is 0 Å². The van der Waals surface area contributed by atoms with Crippen molar-refractivity contribution >= 4 is 40.1 Å². The van der Waals surface area contributed by atoms with E-state index >= 15 is 0 Å². The molecule has 2 aromatic carbocycles. The number of rotatable bonds is 7. The van der Waals surface area contributed by atoms with Crippen molar-refractivity contribution in [3.05, 3.63) is 78.4 Å². The molecule has 1 unspecified atom stereocenters. The van der Waals surface area contributed by atoms with Crippen molar-refractivity contribution in [3.8, 4) is 0 Å². The van der Waals surface area contributed by atoms with Gasteiger partial charge in [0.15, 0.2) is 34.0 Å². The van der Waals surface area contributed by atoms with Crippen LogP contribution in [0.15, 0.2) is 67.2 Å². The molecule has 0 bridgehead atoms. The van der Waals surface area contributed by atoms with E-state index in [2.05, 4.69) is 109 Å². The molecule has 0 saturated heterocycles. The Labute approximate surface area is 204 Å². The lowest BCUT2D eigenvalue weighted by Gasteiger charge is -2.36. The van der Waals surface area contributed by atoms with Crippen molar-refractivity contribution in [2.75, 3.05) is 0 Å². The minimum Gasteiger partial charge on any atom is -0.458 e. The molecule has 0 radical (unpaired) electrons. The fourth-order valence-corrected chi connectivity index (χ4v) is 17.0. The van der Waals surface area contributed by atoms with Gasteiger partial charge in [-0.25, -0.2) is 0 Å². The van der Waals surface area contributed by atoms with Gasteiger partial charge in [-0.1, -0.05) is 80.2 Å². The SMILES string of the molecule is C=Cc1ccccc1.CC(c1ccccc1)[Si](C)(C)O[Si](C)(C)C.C[SiH](C)O[Si](C)(C)C. The van der Waals surface area contributed by atoms with Gasteiger partial charge in [-0.05, 0) is 82.1 Å². The Morgan fingerprint density at radius 3 is 1.47 bits per heavy atom. The van der Waals surface area contributed by atoms with Crippen LogP contribution in [-0.4, -0.2) is 34.0 Å². The summed E-state index contributed by atoms with van der Waals surface area (Å²) in [6.07, 6.45) is 1.83. The second kappa shape index (κ2) is 14.3. The molecule has 0 aliphatic heterocycles. The van der Waals surface area contributed by atoms with Gasteiger partial charge >= 0.3 is 0 Å². The molecule has 0 N–H and O–H groups in total. The third-order valence-corrected chi connectivity index (χ3v) is 16.2. The molecule has 2 nitrogen and oxygen atoms in total. The van der Waals surface area contributed by atoms with E-state index in [9.17, 15) is 0 Å². The molecule has 0 fully saturated rings. The van der Waals surface area contributed by atoms with Crippen LogP contribution in [-0.2, 0) is 8.23 Å². The summed E-state index contributed by atoms with van der Waals surface area (Å²) in [5.41, 5.74) is 3.14. The fraction of sp³-hybridized carbons (Fsp3) is 0.462. The van der Waals surface area contributed by atoms with Crippen molar-refractivity contribution in [2.45, 2.75) is 77.9 Å². The van der Waals surface area contributed by atoms with Crippen LogP contribution in [0.3, 0.4) is 0 Å². The molecule has 6 heteroatoms. The van der Waals surface area contributed by atoms with Gasteiger partial charge in [0.2, 0.25) is 0 Å². The first-order chi connectivity index (χ1) is 14.6. The highest BCUT2D eigenvalue weighted by atomic mass is 28.4. The van der Waals surface area contributed by atoms with Crippen LogP contribution in [0.25, 0.3) is 6.08 Å². The molecular formula is C26H48O2Si4. The van der Waals surface area contributed by atoms with Crippen LogP contribution in [0.1, 0.15) is 23.6 Å². The zero-order valence-electron chi connectivity index (χ0n) is 22.5. The summed E-state index contributed by atoms with van der Waals surface area (Å²) >= 11 is 0. The number of hydrogen-bond acceptors (Lipinski definition) is 2. The van der Waals surface area contributed by atoms with Crippen LogP contribution in [0.2, 0.25) is 65.5 Å². The number of benzene rings is 2. The quantitative estimate of drug-likeness (QED) is 0.352. The highest BCUT2D eigenvalue weighted by Gasteiger charge is 2.35. The van der Waals surface area contributed by atoms with Crippen molar-refractivity contribution in [3.63, 3.8) is 0 Å². The lowest BCUT2D eigenvalue weighted by atomic mass is 10.2. The Hall–Kier alpha value is -1.03. The van der Waals surface area contributed by atoms with Gasteiger partial charge < -0.3 is 8.23 Å².